The standard InChI is InChI=1S/C28H28N6O3/c1-37-28(36)25-19-34(32-31-25)23-16-26(33(18-23)15-7-10-20-8-3-2-4-9-20)27(35)29-17-22-14-13-21-11-5-6-12-24(21)30-22/h2-14,19,23,26H,15-18H2,1H3,(H,29,35)/b10-7+/t23-,26-/m0/s1. The van der Waals surface area contributed by atoms with Gasteiger partial charge in [0.05, 0.1) is 43.1 Å². The molecule has 9 nitrogen and oxygen atoms in total. The van der Waals surface area contributed by atoms with Crippen LogP contribution in [0.2, 0.25) is 0 Å². The summed E-state index contributed by atoms with van der Waals surface area (Å²) in [6.45, 7) is 1.53. The monoisotopic (exact) mass is 496 g/mol. The number of hydrogen-bond acceptors (Lipinski definition) is 7. The molecular weight excluding hydrogens is 468 g/mol. The number of carbonyl (C=O) groups excluding carboxylic acids is 2. The van der Waals surface area contributed by atoms with Crippen LogP contribution in [0.3, 0.4) is 0 Å². The fraction of sp³-hybridized carbons (Fsp3) is 0.250. The first kappa shape index (κ1) is 24.3. The lowest BCUT2D eigenvalue weighted by Crippen LogP contribution is -2.43. The Morgan fingerprint density at radius 2 is 1.89 bits per heavy atom. The molecule has 3 heterocycles. The van der Waals surface area contributed by atoms with Crippen LogP contribution in [0.4, 0.5) is 0 Å². The van der Waals surface area contributed by atoms with E-state index in [1.807, 2.05) is 72.8 Å². The molecule has 0 spiro atoms. The van der Waals surface area contributed by atoms with E-state index in [9.17, 15) is 9.59 Å². The number of methoxy groups -OCH3 is 1. The fourth-order valence-corrected chi connectivity index (χ4v) is 4.59. The highest BCUT2D eigenvalue weighted by molar-refractivity contribution is 5.86. The first-order valence-electron chi connectivity index (χ1n) is 12.2. The third-order valence-electron chi connectivity index (χ3n) is 6.51. The van der Waals surface area contributed by atoms with Crippen molar-refractivity contribution in [1.29, 1.82) is 0 Å². The summed E-state index contributed by atoms with van der Waals surface area (Å²) in [6.07, 6.45) is 6.23. The van der Waals surface area contributed by atoms with Gasteiger partial charge in [0.25, 0.3) is 0 Å². The highest BCUT2D eigenvalue weighted by Gasteiger charge is 2.37. The van der Waals surface area contributed by atoms with E-state index in [-0.39, 0.29) is 23.7 Å². The predicted octanol–water partition coefficient (Wildman–Crippen LogP) is 3.26. The maximum Gasteiger partial charge on any atom is 0.360 e. The van der Waals surface area contributed by atoms with Gasteiger partial charge in [-0.3, -0.25) is 14.7 Å². The molecule has 4 aromatic rings. The number of nitrogens with one attached hydrogen (secondary N) is 1. The average Bonchev–Trinajstić information content (AvgIpc) is 3.60. The first-order valence-corrected chi connectivity index (χ1v) is 12.2. The molecule has 2 aromatic heterocycles. The molecular formula is C28H28N6O3. The maximum absolute atomic E-state index is 13.3. The van der Waals surface area contributed by atoms with Crippen molar-refractivity contribution in [2.45, 2.75) is 25.0 Å². The molecule has 1 amide bonds. The van der Waals surface area contributed by atoms with Gasteiger partial charge in [-0.25, -0.2) is 9.48 Å². The van der Waals surface area contributed by atoms with Gasteiger partial charge in [-0.15, -0.1) is 5.10 Å². The lowest BCUT2D eigenvalue weighted by atomic mass is 10.1. The summed E-state index contributed by atoms with van der Waals surface area (Å²) in [5.41, 5.74) is 2.94. The molecule has 188 valence electrons. The number of aromatic nitrogens is 4. The normalized spacial score (nSPS) is 17.9. The van der Waals surface area contributed by atoms with Gasteiger partial charge in [0, 0.05) is 18.5 Å². The van der Waals surface area contributed by atoms with Crippen LogP contribution in [0.5, 0.6) is 0 Å². The lowest BCUT2D eigenvalue weighted by Gasteiger charge is -2.22. The third-order valence-corrected chi connectivity index (χ3v) is 6.51. The number of ether oxygens (including phenoxy) is 1. The summed E-state index contributed by atoms with van der Waals surface area (Å²) in [6, 6.07) is 21.4. The largest absolute Gasteiger partial charge is 0.464 e. The van der Waals surface area contributed by atoms with Gasteiger partial charge >= 0.3 is 5.97 Å². The maximum atomic E-state index is 13.3. The molecule has 1 aliphatic heterocycles. The summed E-state index contributed by atoms with van der Waals surface area (Å²) >= 11 is 0. The molecule has 1 fully saturated rings. The summed E-state index contributed by atoms with van der Waals surface area (Å²) < 4.78 is 6.40. The van der Waals surface area contributed by atoms with Gasteiger partial charge < -0.3 is 10.1 Å². The van der Waals surface area contributed by atoms with Crippen LogP contribution in [-0.4, -0.2) is 63.0 Å². The van der Waals surface area contributed by atoms with Gasteiger partial charge in [-0.1, -0.05) is 72.0 Å². The third kappa shape index (κ3) is 5.73. The molecule has 0 saturated carbocycles. The Morgan fingerprint density at radius 3 is 2.73 bits per heavy atom. The predicted molar refractivity (Wildman–Crippen MR) is 139 cm³/mol. The van der Waals surface area contributed by atoms with Crippen LogP contribution >= 0.6 is 0 Å². The number of amides is 1. The van der Waals surface area contributed by atoms with Crippen LogP contribution in [0.25, 0.3) is 17.0 Å². The minimum absolute atomic E-state index is 0.0705. The molecule has 1 saturated heterocycles. The fourth-order valence-electron chi connectivity index (χ4n) is 4.59. The molecule has 2 aromatic carbocycles. The van der Waals surface area contributed by atoms with E-state index < -0.39 is 5.97 Å². The van der Waals surface area contributed by atoms with Crippen molar-refractivity contribution in [2.24, 2.45) is 0 Å². The zero-order valence-electron chi connectivity index (χ0n) is 20.5. The van der Waals surface area contributed by atoms with Crippen LogP contribution in [0.15, 0.2) is 79.0 Å². The number of benzene rings is 2. The van der Waals surface area contributed by atoms with Gasteiger partial charge in [0.2, 0.25) is 5.91 Å². The zero-order valence-corrected chi connectivity index (χ0v) is 20.5. The summed E-state index contributed by atoms with van der Waals surface area (Å²) in [5.74, 6) is -0.608. The van der Waals surface area contributed by atoms with E-state index >= 15 is 0 Å². The molecule has 0 radical (unpaired) electrons. The number of para-hydroxylation sites is 1. The highest BCUT2D eigenvalue weighted by Crippen LogP contribution is 2.27. The van der Waals surface area contributed by atoms with E-state index in [1.54, 1.807) is 10.9 Å². The lowest BCUT2D eigenvalue weighted by molar-refractivity contribution is -0.125. The number of fused-ring (bicyclic) bond motifs is 1. The summed E-state index contributed by atoms with van der Waals surface area (Å²) in [4.78, 5) is 31.9. The SMILES string of the molecule is COC(=O)c1cn([C@H]2C[C@@H](C(=O)NCc3ccc4ccccc4n3)N(C/C=C/c3ccccc3)C2)nn1. The zero-order chi connectivity index (χ0) is 25.6. The molecule has 5 rings (SSSR count). The van der Waals surface area contributed by atoms with E-state index in [1.165, 1.54) is 7.11 Å². The molecule has 2 atom stereocenters. The highest BCUT2D eigenvalue weighted by atomic mass is 16.5. The molecule has 37 heavy (non-hydrogen) atoms. The van der Waals surface area contributed by atoms with Crippen LogP contribution in [0, 0.1) is 0 Å². The Hall–Kier alpha value is -4.37. The first-order chi connectivity index (χ1) is 18.1. The van der Waals surface area contributed by atoms with E-state index in [2.05, 4.69) is 31.6 Å². The van der Waals surface area contributed by atoms with E-state index in [0.717, 1.165) is 22.2 Å². The number of rotatable bonds is 8. The van der Waals surface area contributed by atoms with Gasteiger partial charge in [-0.2, -0.15) is 0 Å². The topological polar surface area (TPSA) is 102 Å². The minimum Gasteiger partial charge on any atom is -0.464 e. The molecule has 0 unspecified atom stereocenters. The summed E-state index contributed by atoms with van der Waals surface area (Å²) in [7, 11) is 1.31. The number of esters is 1. The number of nitrogens with zero attached hydrogens (tertiary/aromatic N) is 5. The van der Waals surface area contributed by atoms with Crippen molar-refractivity contribution in [3.63, 3.8) is 0 Å². The molecule has 0 bridgehead atoms. The van der Waals surface area contributed by atoms with Gasteiger partial charge in [0.15, 0.2) is 5.69 Å². The number of carbonyl (C=O) groups is 2. The Balaban J connectivity index is 1.29. The van der Waals surface area contributed by atoms with Crippen molar-refractivity contribution in [2.75, 3.05) is 20.2 Å². The van der Waals surface area contributed by atoms with Gasteiger partial charge in [0.1, 0.15) is 0 Å². The smallest absolute Gasteiger partial charge is 0.360 e. The van der Waals surface area contributed by atoms with Gasteiger partial charge in [-0.05, 0) is 24.1 Å². The second-order valence-electron chi connectivity index (χ2n) is 8.96. The molecule has 0 aliphatic carbocycles. The van der Waals surface area contributed by atoms with E-state index in [4.69, 9.17) is 4.74 Å². The Labute approximate surface area is 214 Å². The van der Waals surface area contributed by atoms with Crippen LogP contribution < -0.4 is 5.32 Å². The Morgan fingerprint density at radius 1 is 1.08 bits per heavy atom. The minimum atomic E-state index is -0.538. The van der Waals surface area contributed by atoms with Crippen molar-refractivity contribution in [3.05, 3.63) is 96.0 Å². The van der Waals surface area contributed by atoms with Crippen molar-refractivity contribution < 1.29 is 14.3 Å². The van der Waals surface area contributed by atoms with Crippen molar-refractivity contribution in [3.8, 4) is 0 Å². The molecule has 1 N–H and O–H groups in total. The van der Waals surface area contributed by atoms with Crippen LogP contribution in [-0.2, 0) is 16.1 Å². The number of hydrogen-bond donors (Lipinski definition) is 1. The summed E-state index contributed by atoms with van der Waals surface area (Å²) in [5, 5.41) is 12.2. The number of likely N-dealkylation sites (tertiary alicyclic amines) is 1. The Bertz CT molecular complexity index is 1420. The van der Waals surface area contributed by atoms with Crippen LogP contribution in [0.1, 0.15) is 34.2 Å². The quantitative estimate of drug-likeness (QED) is 0.374. The molecule has 1 aliphatic rings. The number of pyridine rings is 1. The average molecular weight is 497 g/mol. The van der Waals surface area contributed by atoms with Crippen molar-refractivity contribution >= 4 is 28.9 Å². The Kier molecular flexibility index (Phi) is 7.32. The second kappa shape index (κ2) is 11.1. The van der Waals surface area contributed by atoms with E-state index in [0.29, 0.717) is 26.1 Å². The molecule has 9 heteroatoms. The second-order valence-corrected chi connectivity index (χ2v) is 8.96. The van der Waals surface area contributed by atoms with Crippen molar-refractivity contribution in [1.82, 2.24) is 30.2 Å².